The molecule has 0 heterocycles. The molecule has 0 aliphatic carbocycles. The summed E-state index contributed by atoms with van der Waals surface area (Å²) in [5, 5.41) is 11.5. The van der Waals surface area contributed by atoms with Crippen molar-refractivity contribution in [2.45, 2.75) is 18.7 Å². The molecule has 0 amide bonds. The van der Waals surface area contributed by atoms with Crippen LogP contribution in [0.5, 0.6) is 5.75 Å². The van der Waals surface area contributed by atoms with Gasteiger partial charge in [-0.3, -0.25) is 10.1 Å². The molecule has 2 aromatic carbocycles. The predicted molar refractivity (Wildman–Crippen MR) is 108 cm³/mol. The number of para-hydroxylation sites is 1. The largest absolute Gasteiger partial charge is 0.489 e. The molecule has 2 rings (SSSR count). The minimum Gasteiger partial charge on any atom is -0.489 e. The number of rotatable bonds is 10. The lowest BCUT2D eigenvalue weighted by Gasteiger charge is -2.21. The number of nitro groups is 1. The number of hydrogen-bond acceptors (Lipinski definition) is 6. The number of halogens is 1. The Kier molecular flexibility index (Phi) is 7.52. The molecule has 0 radical (unpaired) electrons. The second-order valence-electron chi connectivity index (χ2n) is 6.20. The lowest BCUT2D eigenvalue weighted by atomic mass is 10.2. The highest BCUT2D eigenvalue weighted by Crippen LogP contribution is 2.31. The molecule has 0 N–H and O–H groups in total. The van der Waals surface area contributed by atoms with Crippen molar-refractivity contribution in [3.8, 4) is 5.75 Å². The molecule has 0 aliphatic heterocycles. The van der Waals surface area contributed by atoms with Crippen molar-refractivity contribution in [2.75, 3.05) is 38.2 Å². The Morgan fingerprint density at radius 1 is 1.14 bits per heavy atom. The van der Waals surface area contributed by atoms with E-state index in [2.05, 4.69) is 0 Å². The number of ether oxygens (including phenoxy) is 1. The minimum absolute atomic E-state index is 0.0914. The van der Waals surface area contributed by atoms with Gasteiger partial charge in [0.15, 0.2) is 11.6 Å². The maximum absolute atomic E-state index is 13.6. The summed E-state index contributed by atoms with van der Waals surface area (Å²) in [5.41, 5.74) is -0.0859. The second kappa shape index (κ2) is 9.66. The van der Waals surface area contributed by atoms with E-state index in [0.717, 1.165) is 6.07 Å². The zero-order valence-corrected chi connectivity index (χ0v) is 17.4. The van der Waals surface area contributed by atoms with E-state index in [4.69, 9.17) is 4.74 Å². The first-order valence-corrected chi connectivity index (χ1v) is 10.5. The van der Waals surface area contributed by atoms with E-state index in [0.29, 0.717) is 0 Å². The van der Waals surface area contributed by atoms with Gasteiger partial charge in [-0.1, -0.05) is 26.0 Å². The van der Waals surface area contributed by atoms with Crippen molar-refractivity contribution in [1.29, 1.82) is 0 Å². The highest BCUT2D eigenvalue weighted by atomic mass is 32.2. The Hall–Kier alpha value is -2.72. The van der Waals surface area contributed by atoms with Gasteiger partial charge in [-0.05, 0) is 24.3 Å². The fraction of sp³-hybridized carbons (Fsp3) is 0.368. The molecule has 0 unspecified atom stereocenters. The monoisotopic (exact) mass is 425 g/mol. The highest BCUT2D eigenvalue weighted by Gasteiger charge is 2.26. The second-order valence-corrected chi connectivity index (χ2v) is 8.14. The van der Waals surface area contributed by atoms with Gasteiger partial charge >= 0.3 is 0 Å². The van der Waals surface area contributed by atoms with Crippen molar-refractivity contribution < 1.29 is 22.5 Å². The van der Waals surface area contributed by atoms with Crippen LogP contribution in [0.1, 0.15) is 13.8 Å². The normalized spacial score (nSPS) is 11.5. The third kappa shape index (κ3) is 5.21. The molecular formula is C19H24FN3O5S. The molecule has 0 saturated carbocycles. The lowest BCUT2D eigenvalue weighted by molar-refractivity contribution is -0.384. The molecule has 0 spiro atoms. The van der Waals surface area contributed by atoms with Crippen LogP contribution in [-0.4, -0.2) is 50.9 Å². The van der Waals surface area contributed by atoms with Crippen LogP contribution in [0.3, 0.4) is 0 Å². The van der Waals surface area contributed by atoms with E-state index in [1.54, 1.807) is 37.9 Å². The summed E-state index contributed by atoms with van der Waals surface area (Å²) in [5.74, 6) is -0.400. The number of nitrogens with zero attached hydrogens (tertiary/aromatic N) is 3. The zero-order valence-electron chi connectivity index (χ0n) is 16.5. The van der Waals surface area contributed by atoms with E-state index in [1.165, 1.54) is 28.6 Å². The van der Waals surface area contributed by atoms with E-state index in [9.17, 15) is 22.9 Å². The van der Waals surface area contributed by atoms with Gasteiger partial charge in [0, 0.05) is 26.2 Å². The van der Waals surface area contributed by atoms with Crippen LogP contribution in [0.15, 0.2) is 47.4 Å². The summed E-state index contributed by atoms with van der Waals surface area (Å²) in [6, 6.07) is 9.77. The fourth-order valence-electron chi connectivity index (χ4n) is 2.82. The van der Waals surface area contributed by atoms with Crippen LogP contribution in [0, 0.1) is 15.9 Å². The maximum atomic E-state index is 13.6. The van der Waals surface area contributed by atoms with Crippen LogP contribution in [0.4, 0.5) is 15.8 Å². The molecule has 158 valence electrons. The minimum atomic E-state index is -3.81. The number of likely N-dealkylation sites (N-methyl/N-ethyl adjacent to an activating group) is 1. The van der Waals surface area contributed by atoms with Crippen molar-refractivity contribution >= 4 is 21.4 Å². The Morgan fingerprint density at radius 3 is 2.38 bits per heavy atom. The fourth-order valence-corrected chi connectivity index (χ4v) is 4.30. The van der Waals surface area contributed by atoms with E-state index in [1.807, 2.05) is 0 Å². The lowest BCUT2D eigenvalue weighted by Crippen LogP contribution is -2.31. The maximum Gasteiger partial charge on any atom is 0.293 e. The van der Waals surface area contributed by atoms with Crippen LogP contribution >= 0.6 is 0 Å². The first-order chi connectivity index (χ1) is 13.7. The Bertz CT molecular complexity index is 964. The first-order valence-electron chi connectivity index (χ1n) is 9.09. The molecule has 0 aliphatic rings. The molecule has 0 bridgehead atoms. The number of anilines is 1. The average Bonchev–Trinajstić information content (AvgIpc) is 2.69. The summed E-state index contributed by atoms with van der Waals surface area (Å²) in [6.45, 7) is 4.26. The van der Waals surface area contributed by atoms with Crippen molar-refractivity contribution in [3.05, 3.63) is 58.4 Å². The van der Waals surface area contributed by atoms with E-state index in [-0.39, 0.29) is 48.3 Å². The van der Waals surface area contributed by atoms with Gasteiger partial charge in [-0.2, -0.15) is 4.31 Å². The Morgan fingerprint density at radius 2 is 1.79 bits per heavy atom. The van der Waals surface area contributed by atoms with Gasteiger partial charge in [0.1, 0.15) is 12.3 Å². The molecule has 0 saturated heterocycles. The standard InChI is InChI=1S/C19H24FN3O5S/c1-4-22(5-2)29(26,27)15-10-11-17(18(14-15)23(24)25)21(3)12-13-28-19-9-7-6-8-16(19)20/h6-11,14H,4-5,12-13H2,1-3H3. The topological polar surface area (TPSA) is 93.0 Å². The molecule has 10 heteroatoms. The van der Waals surface area contributed by atoms with Crippen LogP contribution in [0.2, 0.25) is 0 Å². The van der Waals surface area contributed by atoms with Gasteiger partial charge < -0.3 is 9.64 Å². The van der Waals surface area contributed by atoms with Gasteiger partial charge in [0.25, 0.3) is 5.69 Å². The number of hydrogen-bond donors (Lipinski definition) is 0. The first kappa shape index (κ1) is 22.6. The van der Waals surface area contributed by atoms with Gasteiger partial charge in [-0.25, -0.2) is 12.8 Å². The predicted octanol–water partition coefficient (Wildman–Crippen LogP) is 3.28. The molecular weight excluding hydrogens is 401 g/mol. The number of benzene rings is 2. The summed E-state index contributed by atoms with van der Waals surface area (Å²) in [7, 11) is -2.20. The molecule has 2 aromatic rings. The van der Waals surface area contributed by atoms with E-state index < -0.39 is 20.8 Å². The van der Waals surface area contributed by atoms with Crippen LogP contribution in [0.25, 0.3) is 0 Å². The molecule has 0 fully saturated rings. The number of sulfonamides is 1. The van der Waals surface area contributed by atoms with Crippen LogP contribution in [-0.2, 0) is 10.0 Å². The van der Waals surface area contributed by atoms with Crippen molar-refractivity contribution in [2.24, 2.45) is 0 Å². The smallest absolute Gasteiger partial charge is 0.293 e. The van der Waals surface area contributed by atoms with Gasteiger partial charge in [0.2, 0.25) is 10.0 Å². The summed E-state index contributed by atoms with van der Waals surface area (Å²) in [6.07, 6.45) is 0. The van der Waals surface area contributed by atoms with Gasteiger partial charge in [0.05, 0.1) is 16.4 Å². The Labute approximate surface area is 169 Å². The van der Waals surface area contributed by atoms with E-state index >= 15 is 0 Å². The quantitative estimate of drug-likeness (QED) is 0.428. The molecule has 0 aromatic heterocycles. The zero-order chi connectivity index (χ0) is 21.6. The SMILES string of the molecule is CCN(CC)S(=O)(=O)c1ccc(N(C)CCOc2ccccc2F)c([N+](=O)[O-])c1. The van der Waals surface area contributed by atoms with Crippen molar-refractivity contribution in [1.82, 2.24) is 4.31 Å². The summed E-state index contributed by atoms with van der Waals surface area (Å²) < 4.78 is 45.5. The molecule has 8 nitrogen and oxygen atoms in total. The van der Waals surface area contributed by atoms with Gasteiger partial charge in [-0.15, -0.1) is 0 Å². The third-order valence-corrected chi connectivity index (χ3v) is 6.46. The highest BCUT2D eigenvalue weighted by molar-refractivity contribution is 7.89. The van der Waals surface area contributed by atoms with Crippen LogP contribution < -0.4 is 9.64 Å². The summed E-state index contributed by atoms with van der Waals surface area (Å²) >= 11 is 0. The third-order valence-electron chi connectivity index (χ3n) is 4.42. The Balaban J connectivity index is 2.22. The average molecular weight is 425 g/mol. The summed E-state index contributed by atoms with van der Waals surface area (Å²) in [4.78, 5) is 12.4. The molecule has 29 heavy (non-hydrogen) atoms. The van der Waals surface area contributed by atoms with Crippen molar-refractivity contribution in [3.63, 3.8) is 0 Å². The number of nitro benzene ring substituents is 1. The molecule has 0 atom stereocenters.